The summed E-state index contributed by atoms with van der Waals surface area (Å²) in [5.74, 6) is -1.18. The van der Waals surface area contributed by atoms with Crippen molar-refractivity contribution in [3.8, 4) is 5.69 Å². The van der Waals surface area contributed by atoms with E-state index < -0.39 is 41.9 Å². The lowest BCUT2D eigenvalue weighted by atomic mass is 9.99. The van der Waals surface area contributed by atoms with E-state index in [0.717, 1.165) is 16.2 Å². The molecule has 1 aromatic carbocycles. The number of carboxylic acids is 1. The first kappa shape index (κ1) is 35.3. The van der Waals surface area contributed by atoms with Crippen molar-refractivity contribution >= 4 is 25.5 Å². The number of aromatic nitrogens is 2. The predicted molar refractivity (Wildman–Crippen MR) is 166 cm³/mol. The van der Waals surface area contributed by atoms with Gasteiger partial charge in [0.05, 0.1) is 18.6 Å². The van der Waals surface area contributed by atoms with Gasteiger partial charge in [-0.1, -0.05) is 18.2 Å². The molecule has 0 spiro atoms. The number of unbranched alkanes of at least 4 members (excludes halogenated alkanes) is 1. The van der Waals surface area contributed by atoms with Gasteiger partial charge in [0.1, 0.15) is 11.2 Å². The van der Waals surface area contributed by atoms with Gasteiger partial charge in [0, 0.05) is 44.7 Å². The summed E-state index contributed by atoms with van der Waals surface area (Å²) >= 11 is 0. The van der Waals surface area contributed by atoms with Gasteiger partial charge >= 0.3 is 18.2 Å². The minimum Gasteiger partial charge on any atom is -0.480 e. The quantitative estimate of drug-likeness (QED) is 0.225. The van der Waals surface area contributed by atoms with E-state index >= 15 is 0 Å². The van der Waals surface area contributed by atoms with Crippen molar-refractivity contribution in [1.82, 2.24) is 19.4 Å². The minimum atomic E-state index is -3.62. The van der Waals surface area contributed by atoms with Crippen molar-refractivity contribution in [1.29, 1.82) is 0 Å². The van der Waals surface area contributed by atoms with E-state index in [4.69, 9.17) is 14.0 Å². The van der Waals surface area contributed by atoms with Crippen LogP contribution >= 0.6 is 7.37 Å². The lowest BCUT2D eigenvalue weighted by molar-refractivity contribution is -0.141. The molecule has 1 aliphatic heterocycles. The van der Waals surface area contributed by atoms with Gasteiger partial charge in [0.2, 0.25) is 7.37 Å². The Hall–Kier alpha value is -3.21. The number of para-hydroxylation sites is 1. The van der Waals surface area contributed by atoms with Crippen LogP contribution in [0.25, 0.3) is 5.69 Å². The summed E-state index contributed by atoms with van der Waals surface area (Å²) in [4.78, 5) is 45.9. The van der Waals surface area contributed by atoms with Crippen molar-refractivity contribution in [3.05, 3.63) is 48.5 Å². The SMILES string of the molecule is CCOP1(=O)CCN(Cc2ccccc2-n2ccnc2)CC1(CCCCN(C(=O)OC(C)(C)C)C(=O)OC(C)(C)C)C(=O)O. The highest BCUT2D eigenvalue weighted by Gasteiger charge is 2.58. The molecule has 0 radical (unpaired) electrons. The third-order valence-corrected chi connectivity index (χ3v) is 10.5. The molecule has 1 fully saturated rings. The molecule has 3 rings (SSSR count). The number of ether oxygens (including phenoxy) is 2. The number of imide groups is 1. The summed E-state index contributed by atoms with van der Waals surface area (Å²) in [7, 11) is -3.62. The van der Waals surface area contributed by atoms with E-state index in [1.807, 2.05) is 39.9 Å². The normalized spacial score (nSPS) is 21.1. The highest BCUT2D eigenvalue weighted by atomic mass is 31.2. The number of hydrogen-bond donors (Lipinski definition) is 1. The van der Waals surface area contributed by atoms with E-state index in [-0.39, 0.29) is 45.1 Å². The van der Waals surface area contributed by atoms with Gasteiger partial charge in [-0.2, -0.15) is 0 Å². The first-order valence-corrected chi connectivity index (χ1v) is 16.8. The molecule has 0 bridgehead atoms. The molecule has 2 aromatic rings. The number of imidazole rings is 1. The molecule has 44 heavy (non-hydrogen) atoms. The first-order valence-electron chi connectivity index (χ1n) is 15.0. The number of benzene rings is 1. The maximum atomic E-state index is 14.2. The average molecular weight is 635 g/mol. The fraction of sp³-hybridized carbons (Fsp3) is 0.613. The van der Waals surface area contributed by atoms with Crippen LogP contribution in [-0.4, -0.2) is 91.4 Å². The highest BCUT2D eigenvalue weighted by Crippen LogP contribution is 2.63. The Morgan fingerprint density at radius 1 is 1.05 bits per heavy atom. The maximum absolute atomic E-state index is 14.2. The van der Waals surface area contributed by atoms with Crippen molar-refractivity contribution in [3.63, 3.8) is 0 Å². The second kappa shape index (κ2) is 14.3. The molecule has 2 unspecified atom stereocenters. The molecular weight excluding hydrogens is 587 g/mol. The molecule has 2 heterocycles. The Morgan fingerprint density at radius 3 is 2.23 bits per heavy atom. The molecule has 12 nitrogen and oxygen atoms in total. The Bertz CT molecular complexity index is 1310. The smallest absolute Gasteiger partial charge is 0.419 e. The molecule has 2 amide bonds. The third kappa shape index (κ3) is 8.92. The van der Waals surface area contributed by atoms with Gasteiger partial charge in [0.15, 0.2) is 5.16 Å². The number of carbonyl (C=O) groups is 3. The van der Waals surface area contributed by atoms with E-state index in [2.05, 4.69) is 4.98 Å². The number of carbonyl (C=O) groups excluding carboxylic acids is 2. The Balaban J connectivity index is 1.81. The summed E-state index contributed by atoms with van der Waals surface area (Å²) < 4.78 is 32.8. The fourth-order valence-corrected chi connectivity index (χ4v) is 8.24. The average Bonchev–Trinajstić information content (AvgIpc) is 3.43. The van der Waals surface area contributed by atoms with Crippen molar-refractivity contribution in [2.75, 3.05) is 32.4 Å². The summed E-state index contributed by atoms with van der Waals surface area (Å²) in [5.41, 5.74) is 0.227. The van der Waals surface area contributed by atoms with Gasteiger partial charge in [-0.15, -0.1) is 0 Å². The number of rotatable bonds is 11. The van der Waals surface area contributed by atoms with Crippen LogP contribution in [0.15, 0.2) is 43.0 Å². The predicted octanol–water partition coefficient (Wildman–Crippen LogP) is 6.17. The van der Waals surface area contributed by atoms with Crippen molar-refractivity contribution < 1.29 is 38.1 Å². The first-order chi connectivity index (χ1) is 20.5. The maximum Gasteiger partial charge on any atom is 0.419 e. The number of carboxylic acid groups (broad SMARTS) is 1. The number of nitrogens with zero attached hydrogens (tertiary/aromatic N) is 4. The Labute approximate surface area is 260 Å². The monoisotopic (exact) mass is 634 g/mol. The molecular formula is C31H47N4O8P. The summed E-state index contributed by atoms with van der Waals surface area (Å²) in [5, 5.41) is 8.97. The molecule has 1 aromatic heterocycles. The Kier molecular flexibility index (Phi) is 11.4. The van der Waals surface area contributed by atoms with Crippen LogP contribution in [0, 0.1) is 0 Å². The van der Waals surface area contributed by atoms with Gasteiger partial charge in [-0.05, 0) is 79.4 Å². The van der Waals surface area contributed by atoms with Crippen LogP contribution in [0.4, 0.5) is 9.59 Å². The molecule has 244 valence electrons. The molecule has 0 saturated carbocycles. The van der Waals surface area contributed by atoms with Crippen LogP contribution in [0.3, 0.4) is 0 Å². The van der Waals surface area contributed by atoms with E-state index in [9.17, 15) is 24.1 Å². The molecule has 1 N–H and O–H groups in total. The zero-order valence-corrected chi connectivity index (χ0v) is 27.8. The number of aliphatic carboxylic acids is 1. The zero-order valence-electron chi connectivity index (χ0n) is 26.9. The molecule has 1 saturated heterocycles. The van der Waals surface area contributed by atoms with Gasteiger partial charge in [0.25, 0.3) is 0 Å². The van der Waals surface area contributed by atoms with Gasteiger partial charge in [-0.25, -0.2) is 19.5 Å². The lowest BCUT2D eigenvalue weighted by Gasteiger charge is -2.45. The van der Waals surface area contributed by atoms with Gasteiger partial charge < -0.3 is 23.7 Å². The van der Waals surface area contributed by atoms with E-state index in [1.165, 1.54) is 0 Å². The van der Waals surface area contributed by atoms with Crippen LogP contribution in [-0.2, 0) is 29.9 Å². The molecule has 0 aliphatic carbocycles. The molecule has 13 heteroatoms. The summed E-state index contributed by atoms with van der Waals surface area (Å²) in [6.07, 6.45) is 4.21. The fourth-order valence-electron chi connectivity index (χ4n) is 5.26. The lowest BCUT2D eigenvalue weighted by Crippen LogP contribution is -2.54. The second-order valence-corrected chi connectivity index (χ2v) is 15.9. The van der Waals surface area contributed by atoms with Gasteiger partial charge in [-0.3, -0.25) is 14.3 Å². The van der Waals surface area contributed by atoms with Crippen molar-refractivity contribution in [2.45, 2.75) is 90.6 Å². The number of amides is 2. The van der Waals surface area contributed by atoms with Crippen LogP contribution in [0.1, 0.15) is 73.3 Å². The summed E-state index contributed by atoms with van der Waals surface area (Å²) in [6, 6.07) is 7.81. The van der Waals surface area contributed by atoms with Crippen molar-refractivity contribution in [2.24, 2.45) is 0 Å². The van der Waals surface area contributed by atoms with E-state index in [0.29, 0.717) is 13.1 Å². The zero-order chi connectivity index (χ0) is 32.8. The van der Waals surface area contributed by atoms with Crippen LogP contribution in [0.2, 0.25) is 0 Å². The molecule has 1 aliphatic rings. The topological polar surface area (TPSA) is 140 Å². The summed E-state index contributed by atoms with van der Waals surface area (Å²) in [6.45, 7) is 12.8. The minimum absolute atomic E-state index is 0.0275. The second-order valence-electron chi connectivity index (χ2n) is 13.0. The van der Waals surface area contributed by atoms with Crippen LogP contribution < -0.4 is 0 Å². The standard InChI is InChI=1S/C31H47N4O8P/c1-8-41-44(40)20-19-33(21-24-13-9-10-14-25(24)34-18-16-32-23-34)22-31(44,26(36)37)15-11-12-17-35(27(38)42-29(2,3)4)28(39)43-30(5,6)7/h9-10,13-14,16,18,23H,8,11-12,15,17,19-22H2,1-7H3,(H,36,37). The van der Waals surface area contributed by atoms with E-state index in [1.54, 1.807) is 61.0 Å². The highest BCUT2D eigenvalue weighted by molar-refractivity contribution is 7.62. The molecule has 2 atom stereocenters. The largest absolute Gasteiger partial charge is 0.480 e. The Morgan fingerprint density at radius 2 is 1.68 bits per heavy atom. The van der Waals surface area contributed by atoms with Crippen LogP contribution in [0.5, 0.6) is 0 Å². The number of hydrogen-bond acceptors (Lipinski definition) is 9. The third-order valence-electron chi connectivity index (χ3n) is 7.20.